The third kappa shape index (κ3) is 5.82. The van der Waals surface area contributed by atoms with Gasteiger partial charge in [0.2, 0.25) is 0 Å². The summed E-state index contributed by atoms with van der Waals surface area (Å²) < 4.78 is 22.6. The number of methoxy groups -OCH3 is 1. The summed E-state index contributed by atoms with van der Waals surface area (Å²) >= 11 is 0. The number of nitriles is 1. The summed E-state index contributed by atoms with van der Waals surface area (Å²) in [4.78, 5) is 14.1. The molecular weight excluding hydrogens is 508 g/mol. The molecule has 0 saturated carbocycles. The molecule has 0 aliphatic carbocycles. The zero-order valence-corrected chi connectivity index (χ0v) is 22.7. The lowest BCUT2D eigenvalue weighted by Crippen LogP contribution is -2.56. The van der Waals surface area contributed by atoms with Gasteiger partial charge in [0.15, 0.2) is 5.82 Å². The number of rotatable bonds is 8. The van der Waals surface area contributed by atoms with Crippen LogP contribution in [0.2, 0.25) is 0 Å². The van der Waals surface area contributed by atoms with Crippen molar-refractivity contribution >= 4 is 17.2 Å². The Labute approximate surface area is 234 Å². The smallest absolute Gasteiger partial charge is 0.161 e. The molecule has 3 aromatic rings. The fourth-order valence-corrected chi connectivity index (χ4v) is 5.33. The maximum absolute atomic E-state index is 9.76. The van der Waals surface area contributed by atoms with Crippen LogP contribution < -0.4 is 19.7 Å². The number of benzene rings is 2. The molecular formula is C30H34N6O4. The molecule has 2 aromatic carbocycles. The molecule has 0 radical (unpaired) electrons. The topological polar surface area (TPSA) is 105 Å². The highest BCUT2D eigenvalue weighted by molar-refractivity contribution is 5.69. The summed E-state index contributed by atoms with van der Waals surface area (Å²) in [6.45, 7) is 7.03. The van der Waals surface area contributed by atoms with Gasteiger partial charge in [-0.25, -0.2) is 9.97 Å². The second kappa shape index (κ2) is 12.1. The standard InChI is InChI=1S/C30H34N6O4/c1-37-28-17-23(3-4-26(28)36-12-10-35(11-13-36)24-19-39-20-24)33-29-6-9-32-30(34-29)21-2-5-27(22(16-21)18-31)40-25-7-14-38-15-8-25/h2-6,9,16-17,24-25H,7-8,10-15,19-20H2,1H3,(H,32,33,34). The fraction of sp³-hybridized carbons (Fsp3) is 0.433. The molecule has 1 aromatic heterocycles. The van der Waals surface area contributed by atoms with E-state index in [0.29, 0.717) is 42.2 Å². The Morgan fingerprint density at radius 1 is 0.975 bits per heavy atom. The minimum atomic E-state index is 0.0610. The van der Waals surface area contributed by atoms with Crippen LogP contribution in [0.3, 0.4) is 0 Å². The van der Waals surface area contributed by atoms with Crippen LogP contribution in [-0.4, -0.2) is 86.7 Å². The Bertz CT molecular complexity index is 1360. The average Bonchev–Trinajstić information content (AvgIpc) is 2.97. The average molecular weight is 543 g/mol. The third-order valence-corrected chi connectivity index (χ3v) is 7.72. The van der Waals surface area contributed by atoms with E-state index in [1.165, 1.54) is 0 Å². The van der Waals surface area contributed by atoms with Gasteiger partial charge < -0.3 is 29.2 Å². The maximum atomic E-state index is 9.76. The minimum absolute atomic E-state index is 0.0610. The van der Waals surface area contributed by atoms with Crippen molar-refractivity contribution in [2.24, 2.45) is 0 Å². The molecule has 0 amide bonds. The first kappa shape index (κ1) is 26.3. The first-order valence-electron chi connectivity index (χ1n) is 13.8. The van der Waals surface area contributed by atoms with E-state index in [9.17, 15) is 5.26 Å². The molecule has 0 bridgehead atoms. The molecule has 3 aliphatic heterocycles. The molecule has 4 heterocycles. The molecule has 208 valence electrons. The van der Waals surface area contributed by atoms with E-state index >= 15 is 0 Å². The predicted molar refractivity (Wildman–Crippen MR) is 151 cm³/mol. The highest BCUT2D eigenvalue weighted by atomic mass is 16.5. The number of anilines is 3. The zero-order chi connectivity index (χ0) is 27.3. The molecule has 3 fully saturated rings. The van der Waals surface area contributed by atoms with Crippen LogP contribution in [0, 0.1) is 11.3 Å². The Kier molecular flexibility index (Phi) is 7.95. The quantitative estimate of drug-likeness (QED) is 0.451. The van der Waals surface area contributed by atoms with Gasteiger partial charge in [-0.1, -0.05) is 0 Å². The summed E-state index contributed by atoms with van der Waals surface area (Å²) in [5, 5.41) is 13.1. The van der Waals surface area contributed by atoms with E-state index < -0.39 is 0 Å². The van der Waals surface area contributed by atoms with Gasteiger partial charge in [-0.2, -0.15) is 5.26 Å². The number of hydrogen-bond donors (Lipinski definition) is 1. The van der Waals surface area contributed by atoms with E-state index in [1.54, 1.807) is 19.4 Å². The van der Waals surface area contributed by atoms with Crippen molar-refractivity contribution in [2.75, 3.05) is 69.9 Å². The number of nitrogens with one attached hydrogen (secondary N) is 1. The molecule has 10 nitrogen and oxygen atoms in total. The minimum Gasteiger partial charge on any atom is -0.495 e. The van der Waals surface area contributed by atoms with Crippen molar-refractivity contribution in [1.82, 2.24) is 14.9 Å². The van der Waals surface area contributed by atoms with E-state index in [-0.39, 0.29) is 6.10 Å². The predicted octanol–water partition coefficient (Wildman–Crippen LogP) is 3.85. The number of nitrogens with zero attached hydrogens (tertiary/aromatic N) is 5. The van der Waals surface area contributed by atoms with Crippen molar-refractivity contribution in [3.63, 3.8) is 0 Å². The second-order valence-electron chi connectivity index (χ2n) is 10.2. The van der Waals surface area contributed by atoms with Crippen molar-refractivity contribution in [2.45, 2.75) is 25.0 Å². The van der Waals surface area contributed by atoms with Gasteiger partial charge in [-0.15, -0.1) is 0 Å². The van der Waals surface area contributed by atoms with Crippen LogP contribution in [0.25, 0.3) is 11.4 Å². The van der Waals surface area contributed by atoms with E-state index in [0.717, 1.165) is 74.9 Å². The van der Waals surface area contributed by atoms with Crippen LogP contribution in [-0.2, 0) is 9.47 Å². The summed E-state index contributed by atoms with van der Waals surface area (Å²) in [6, 6.07) is 16.3. The first-order chi connectivity index (χ1) is 19.7. The SMILES string of the molecule is COc1cc(Nc2ccnc(-c3ccc(OC4CCOCC4)c(C#N)c3)n2)ccc1N1CCN(C2COC2)CC1. The van der Waals surface area contributed by atoms with E-state index in [2.05, 4.69) is 32.2 Å². The van der Waals surface area contributed by atoms with Crippen LogP contribution in [0.5, 0.6) is 11.5 Å². The van der Waals surface area contributed by atoms with E-state index in [1.807, 2.05) is 30.3 Å². The summed E-state index contributed by atoms with van der Waals surface area (Å²) in [6.07, 6.45) is 3.41. The maximum Gasteiger partial charge on any atom is 0.161 e. The highest BCUT2D eigenvalue weighted by Gasteiger charge is 2.29. The number of aromatic nitrogens is 2. The largest absolute Gasteiger partial charge is 0.495 e. The summed E-state index contributed by atoms with van der Waals surface area (Å²) in [5.74, 6) is 2.58. The summed E-state index contributed by atoms with van der Waals surface area (Å²) in [5.41, 5.74) is 3.18. The molecule has 0 spiro atoms. The van der Waals surface area contributed by atoms with Gasteiger partial charge >= 0.3 is 0 Å². The van der Waals surface area contributed by atoms with Crippen LogP contribution in [0.1, 0.15) is 18.4 Å². The first-order valence-corrected chi connectivity index (χ1v) is 13.8. The van der Waals surface area contributed by atoms with Crippen molar-refractivity contribution < 1.29 is 18.9 Å². The molecule has 3 saturated heterocycles. The van der Waals surface area contributed by atoms with Crippen molar-refractivity contribution in [3.8, 4) is 29.0 Å². The highest BCUT2D eigenvalue weighted by Crippen LogP contribution is 2.34. The number of hydrogen-bond acceptors (Lipinski definition) is 10. The van der Waals surface area contributed by atoms with Gasteiger partial charge in [0.1, 0.15) is 29.5 Å². The Morgan fingerprint density at radius 3 is 2.52 bits per heavy atom. The number of piperazine rings is 1. The Balaban J connectivity index is 1.14. The molecule has 10 heteroatoms. The van der Waals surface area contributed by atoms with Gasteiger partial charge in [-0.3, -0.25) is 4.90 Å². The van der Waals surface area contributed by atoms with Crippen molar-refractivity contribution in [3.05, 3.63) is 54.2 Å². The molecule has 0 unspecified atom stereocenters. The van der Waals surface area contributed by atoms with Crippen LogP contribution in [0.15, 0.2) is 48.7 Å². The van der Waals surface area contributed by atoms with Crippen LogP contribution in [0.4, 0.5) is 17.2 Å². The normalized spacial score (nSPS) is 18.6. The summed E-state index contributed by atoms with van der Waals surface area (Å²) in [7, 11) is 1.70. The van der Waals surface area contributed by atoms with Gasteiger partial charge in [0, 0.05) is 62.5 Å². The van der Waals surface area contributed by atoms with Gasteiger partial charge in [0.25, 0.3) is 0 Å². The molecule has 3 aliphatic rings. The Morgan fingerprint density at radius 2 is 1.80 bits per heavy atom. The van der Waals surface area contributed by atoms with Gasteiger partial charge in [-0.05, 0) is 36.4 Å². The van der Waals surface area contributed by atoms with Crippen LogP contribution >= 0.6 is 0 Å². The zero-order valence-electron chi connectivity index (χ0n) is 22.7. The monoisotopic (exact) mass is 542 g/mol. The molecule has 6 rings (SSSR count). The fourth-order valence-electron chi connectivity index (χ4n) is 5.33. The lowest BCUT2D eigenvalue weighted by molar-refractivity contribution is -0.0660. The van der Waals surface area contributed by atoms with Crippen molar-refractivity contribution in [1.29, 1.82) is 5.26 Å². The molecule has 40 heavy (non-hydrogen) atoms. The Hall–Kier alpha value is -3.91. The number of ether oxygens (including phenoxy) is 4. The molecule has 1 N–H and O–H groups in total. The molecule has 0 atom stereocenters. The lowest BCUT2D eigenvalue weighted by Gasteiger charge is -2.43. The lowest BCUT2D eigenvalue weighted by atomic mass is 10.1. The van der Waals surface area contributed by atoms with Gasteiger partial charge in [0.05, 0.1) is 50.8 Å². The third-order valence-electron chi connectivity index (χ3n) is 7.72. The second-order valence-corrected chi connectivity index (χ2v) is 10.2. The van der Waals surface area contributed by atoms with E-state index in [4.69, 9.17) is 23.9 Å².